The Balaban J connectivity index is 1.76. The molecule has 1 aliphatic rings. The summed E-state index contributed by atoms with van der Waals surface area (Å²) in [6, 6.07) is 9.16. The Hall–Kier alpha value is -1.79. The molecule has 2 atom stereocenters. The molecule has 0 aliphatic carbocycles. The van der Waals surface area contributed by atoms with Gasteiger partial charge in [-0.15, -0.1) is 11.3 Å². The van der Waals surface area contributed by atoms with Gasteiger partial charge in [0.05, 0.1) is 16.9 Å². The van der Waals surface area contributed by atoms with E-state index in [2.05, 4.69) is 0 Å². The van der Waals surface area contributed by atoms with Crippen LogP contribution in [-0.4, -0.2) is 52.1 Å². The standard InChI is InChI=1S/C20H27N3O5S3/c1-14-9-10-19(29-14)31(27,28)23-11-5-7-17(13-23)20(24)22(3)15(2)16-6-4-8-18(12-16)30(21,25)26/h4,6,8-10,12,15,17H,5,7,11,13H2,1-3H3,(H2,21,25,26). The van der Waals surface area contributed by atoms with E-state index in [0.29, 0.717) is 29.2 Å². The summed E-state index contributed by atoms with van der Waals surface area (Å²) in [4.78, 5) is 15.6. The summed E-state index contributed by atoms with van der Waals surface area (Å²) in [5.74, 6) is -0.630. The Morgan fingerprint density at radius 2 is 1.94 bits per heavy atom. The van der Waals surface area contributed by atoms with E-state index in [1.54, 1.807) is 43.1 Å². The van der Waals surface area contributed by atoms with Crippen molar-refractivity contribution in [3.63, 3.8) is 0 Å². The average Bonchev–Trinajstić information content (AvgIpc) is 3.19. The van der Waals surface area contributed by atoms with Gasteiger partial charge in [-0.05, 0) is 56.5 Å². The Morgan fingerprint density at radius 1 is 1.23 bits per heavy atom. The number of hydrogen-bond acceptors (Lipinski definition) is 6. The fraction of sp³-hybridized carbons (Fsp3) is 0.450. The molecular formula is C20H27N3O5S3. The van der Waals surface area contributed by atoms with Gasteiger partial charge in [-0.1, -0.05) is 12.1 Å². The minimum absolute atomic E-state index is 0.0149. The molecule has 0 bridgehead atoms. The maximum Gasteiger partial charge on any atom is 0.252 e. The molecule has 8 nitrogen and oxygen atoms in total. The topological polar surface area (TPSA) is 118 Å². The molecule has 2 N–H and O–H groups in total. The minimum Gasteiger partial charge on any atom is -0.339 e. The van der Waals surface area contributed by atoms with E-state index in [-0.39, 0.29) is 17.3 Å². The van der Waals surface area contributed by atoms with Gasteiger partial charge in [0.2, 0.25) is 15.9 Å². The number of benzene rings is 1. The van der Waals surface area contributed by atoms with Crippen molar-refractivity contribution < 1.29 is 21.6 Å². The molecule has 170 valence electrons. The zero-order chi connectivity index (χ0) is 23.0. The highest BCUT2D eigenvalue weighted by molar-refractivity contribution is 7.91. The number of aryl methyl sites for hydroxylation is 1. The van der Waals surface area contributed by atoms with E-state index in [0.717, 1.165) is 4.88 Å². The van der Waals surface area contributed by atoms with Crippen molar-refractivity contribution in [2.45, 2.75) is 41.8 Å². The number of carbonyl (C=O) groups is 1. The quantitative estimate of drug-likeness (QED) is 0.674. The molecule has 2 aromatic rings. The van der Waals surface area contributed by atoms with Gasteiger partial charge in [0.25, 0.3) is 10.0 Å². The van der Waals surface area contributed by atoms with Crippen LogP contribution in [0.5, 0.6) is 0 Å². The molecule has 1 aromatic heterocycles. The fourth-order valence-electron chi connectivity index (χ4n) is 3.69. The molecule has 0 spiro atoms. The number of nitrogens with zero attached hydrogens (tertiary/aromatic N) is 2. The second-order valence-corrected chi connectivity index (χ2v) is 12.8. The number of primary sulfonamides is 1. The largest absolute Gasteiger partial charge is 0.339 e. The molecule has 1 amide bonds. The fourth-order valence-corrected chi connectivity index (χ4v) is 7.22. The van der Waals surface area contributed by atoms with E-state index in [4.69, 9.17) is 5.14 Å². The molecule has 2 unspecified atom stereocenters. The molecule has 31 heavy (non-hydrogen) atoms. The third kappa shape index (κ3) is 5.17. The molecule has 11 heteroatoms. The first kappa shape index (κ1) is 23.9. The number of nitrogens with two attached hydrogens (primary N) is 1. The summed E-state index contributed by atoms with van der Waals surface area (Å²) in [7, 11) is -5.83. The second kappa shape index (κ2) is 8.99. The van der Waals surface area contributed by atoms with Crippen LogP contribution >= 0.6 is 11.3 Å². The summed E-state index contributed by atoms with van der Waals surface area (Å²) in [5.41, 5.74) is 0.636. The number of hydrogen-bond donors (Lipinski definition) is 1. The first-order valence-corrected chi connectivity index (χ1v) is 13.7. The molecule has 2 heterocycles. The predicted octanol–water partition coefficient (Wildman–Crippen LogP) is 2.32. The van der Waals surface area contributed by atoms with Crippen LogP contribution in [0.3, 0.4) is 0 Å². The lowest BCUT2D eigenvalue weighted by molar-refractivity contribution is -0.137. The number of thiophene rings is 1. The van der Waals surface area contributed by atoms with Crippen molar-refractivity contribution in [2.24, 2.45) is 11.1 Å². The zero-order valence-electron chi connectivity index (χ0n) is 17.7. The molecule has 0 saturated carbocycles. The van der Waals surface area contributed by atoms with Crippen LogP contribution in [0.25, 0.3) is 0 Å². The lowest BCUT2D eigenvalue weighted by atomic mass is 9.97. The third-order valence-corrected chi connectivity index (χ3v) is 9.89. The van der Waals surface area contributed by atoms with Crippen LogP contribution in [0.1, 0.15) is 36.2 Å². The maximum absolute atomic E-state index is 13.2. The van der Waals surface area contributed by atoms with Crippen LogP contribution in [0.2, 0.25) is 0 Å². The van der Waals surface area contributed by atoms with E-state index >= 15 is 0 Å². The first-order chi connectivity index (χ1) is 14.4. The maximum atomic E-state index is 13.2. The minimum atomic E-state index is -3.85. The molecule has 1 saturated heterocycles. The SMILES string of the molecule is Cc1ccc(S(=O)(=O)N2CCCC(C(=O)N(C)C(C)c3cccc(S(N)(=O)=O)c3)C2)s1. The highest BCUT2D eigenvalue weighted by atomic mass is 32.2. The Labute approximate surface area is 187 Å². The van der Waals surface area contributed by atoms with Gasteiger partial charge >= 0.3 is 0 Å². The van der Waals surface area contributed by atoms with Crippen molar-refractivity contribution in [1.29, 1.82) is 0 Å². The summed E-state index contributed by atoms with van der Waals surface area (Å²) >= 11 is 1.23. The highest BCUT2D eigenvalue weighted by Crippen LogP contribution is 2.30. The smallest absolute Gasteiger partial charge is 0.252 e. The van der Waals surface area contributed by atoms with Crippen LogP contribution in [-0.2, 0) is 24.8 Å². The van der Waals surface area contributed by atoms with Gasteiger partial charge in [0, 0.05) is 25.0 Å². The zero-order valence-corrected chi connectivity index (χ0v) is 20.1. The van der Waals surface area contributed by atoms with Crippen molar-refractivity contribution in [3.05, 3.63) is 46.8 Å². The molecule has 1 aromatic carbocycles. The van der Waals surface area contributed by atoms with Gasteiger partial charge in [-0.25, -0.2) is 22.0 Å². The lowest BCUT2D eigenvalue weighted by Gasteiger charge is -2.35. The summed E-state index contributed by atoms with van der Waals surface area (Å²) in [5, 5.41) is 5.21. The van der Waals surface area contributed by atoms with Gasteiger partial charge in [-0.2, -0.15) is 4.31 Å². The first-order valence-electron chi connectivity index (χ1n) is 9.87. The van der Waals surface area contributed by atoms with Crippen molar-refractivity contribution in [3.8, 4) is 0 Å². The van der Waals surface area contributed by atoms with Gasteiger partial charge in [0.1, 0.15) is 4.21 Å². The summed E-state index contributed by atoms with van der Waals surface area (Å²) in [6.07, 6.45) is 1.20. The lowest BCUT2D eigenvalue weighted by Crippen LogP contribution is -2.46. The van der Waals surface area contributed by atoms with E-state index in [1.807, 2.05) is 6.92 Å². The highest BCUT2D eigenvalue weighted by Gasteiger charge is 2.36. The molecule has 1 aliphatic heterocycles. The van der Waals surface area contributed by atoms with E-state index in [9.17, 15) is 21.6 Å². The van der Waals surface area contributed by atoms with Gasteiger partial charge in [0.15, 0.2) is 0 Å². The number of carbonyl (C=O) groups excluding carboxylic acids is 1. The molecule has 1 fully saturated rings. The predicted molar refractivity (Wildman–Crippen MR) is 120 cm³/mol. The van der Waals surface area contributed by atoms with E-state index in [1.165, 1.54) is 27.8 Å². The van der Waals surface area contributed by atoms with Gasteiger partial charge < -0.3 is 4.90 Å². The Morgan fingerprint density at radius 3 is 2.55 bits per heavy atom. The van der Waals surface area contributed by atoms with Crippen molar-refractivity contribution >= 4 is 37.3 Å². The van der Waals surface area contributed by atoms with Crippen molar-refractivity contribution in [1.82, 2.24) is 9.21 Å². The number of piperidine rings is 1. The number of amides is 1. The third-order valence-electron chi connectivity index (χ3n) is 5.64. The normalized spacial score (nSPS) is 19.2. The van der Waals surface area contributed by atoms with E-state index < -0.39 is 32.0 Å². The van der Waals surface area contributed by atoms with Crippen LogP contribution < -0.4 is 5.14 Å². The van der Waals surface area contributed by atoms with Crippen LogP contribution in [0.15, 0.2) is 45.5 Å². The number of sulfonamides is 2. The molecule has 3 rings (SSSR count). The number of rotatable bonds is 6. The summed E-state index contributed by atoms with van der Waals surface area (Å²) in [6.45, 7) is 4.17. The Bertz CT molecular complexity index is 1170. The average molecular weight is 486 g/mol. The Kier molecular flexibility index (Phi) is 6.92. The second-order valence-electron chi connectivity index (χ2n) is 7.81. The molecule has 0 radical (unpaired) electrons. The van der Waals surface area contributed by atoms with Crippen LogP contribution in [0, 0.1) is 12.8 Å². The summed E-state index contributed by atoms with van der Waals surface area (Å²) < 4.78 is 50.9. The monoisotopic (exact) mass is 485 g/mol. The van der Waals surface area contributed by atoms with Crippen molar-refractivity contribution in [2.75, 3.05) is 20.1 Å². The molecular weight excluding hydrogens is 458 g/mol. The van der Waals surface area contributed by atoms with Gasteiger partial charge in [-0.3, -0.25) is 4.79 Å². The van der Waals surface area contributed by atoms with Crippen LogP contribution in [0.4, 0.5) is 0 Å².